The molecule has 0 aliphatic rings. The lowest BCUT2D eigenvalue weighted by Gasteiger charge is -2.11. The summed E-state index contributed by atoms with van der Waals surface area (Å²) in [5, 5.41) is 9.85. The second-order valence-corrected chi connectivity index (χ2v) is 6.76. The van der Waals surface area contributed by atoms with Gasteiger partial charge in [0.25, 0.3) is 0 Å². The minimum atomic E-state index is -0.250. The van der Waals surface area contributed by atoms with Crippen LogP contribution in [-0.2, 0) is 4.74 Å². The molecule has 0 rings (SSSR count). The third-order valence-electron chi connectivity index (χ3n) is 4.34. The maximum absolute atomic E-state index is 9.85. The number of rotatable bonds is 18. The molecule has 1 unspecified atom stereocenters. The zero-order valence-electron chi connectivity index (χ0n) is 15.5. The monoisotopic (exact) mass is 314 g/mol. The second-order valence-electron chi connectivity index (χ2n) is 6.76. The van der Waals surface area contributed by atoms with E-state index in [2.05, 4.69) is 13.8 Å². The first-order valence-corrected chi connectivity index (χ1v) is 10.1. The van der Waals surface area contributed by atoms with Gasteiger partial charge in [0.1, 0.15) is 0 Å². The van der Waals surface area contributed by atoms with Crippen LogP contribution in [0.1, 0.15) is 110 Å². The minimum Gasteiger partial charge on any atom is -0.391 e. The van der Waals surface area contributed by atoms with Crippen molar-refractivity contribution >= 4 is 0 Å². The highest BCUT2D eigenvalue weighted by Gasteiger charge is 2.03. The predicted octanol–water partition coefficient (Wildman–Crippen LogP) is 6.26. The van der Waals surface area contributed by atoms with E-state index < -0.39 is 0 Å². The molecule has 1 atom stereocenters. The molecule has 0 saturated heterocycles. The normalized spacial score (nSPS) is 12.7. The van der Waals surface area contributed by atoms with E-state index in [1.165, 1.54) is 77.0 Å². The van der Waals surface area contributed by atoms with Gasteiger partial charge < -0.3 is 9.84 Å². The molecule has 0 bridgehead atoms. The highest BCUT2D eigenvalue weighted by atomic mass is 16.5. The van der Waals surface area contributed by atoms with Gasteiger partial charge >= 0.3 is 0 Å². The van der Waals surface area contributed by atoms with Crippen molar-refractivity contribution in [2.45, 2.75) is 116 Å². The van der Waals surface area contributed by atoms with E-state index in [0.29, 0.717) is 6.61 Å². The lowest BCUT2D eigenvalue weighted by atomic mass is 10.0. The van der Waals surface area contributed by atoms with Crippen molar-refractivity contribution in [3.63, 3.8) is 0 Å². The highest BCUT2D eigenvalue weighted by Crippen LogP contribution is 2.12. The molecule has 1 N–H and O–H groups in total. The summed E-state index contributed by atoms with van der Waals surface area (Å²) in [7, 11) is 0. The maximum Gasteiger partial charge on any atom is 0.0773 e. The summed E-state index contributed by atoms with van der Waals surface area (Å²) in [6.45, 7) is 5.83. The van der Waals surface area contributed by atoms with Crippen LogP contribution in [0.15, 0.2) is 0 Å². The van der Waals surface area contributed by atoms with Gasteiger partial charge in [-0.05, 0) is 12.8 Å². The third kappa shape index (κ3) is 18.0. The molecular formula is C20H42O2. The molecule has 0 aliphatic heterocycles. The number of aliphatic hydroxyl groups excluding tert-OH is 1. The summed E-state index contributed by atoms with van der Waals surface area (Å²) < 4.78 is 5.53. The molecule has 0 aromatic rings. The Labute approximate surface area is 140 Å². The molecule has 0 spiro atoms. The van der Waals surface area contributed by atoms with Gasteiger partial charge in [0.05, 0.1) is 12.7 Å². The lowest BCUT2D eigenvalue weighted by molar-refractivity contribution is 0.0298. The fraction of sp³-hybridized carbons (Fsp3) is 1.00. The van der Waals surface area contributed by atoms with Gasteiger partial charge in [-0.25, -0.2) is 0 Å². The molecule has 0 aliphatic carbocycles. The van der Waals surface area contributed by atoms with Crippen LogP contribution in [0, 0.1) is 0 Å². The molecule has 0 fully saturated rings. The Bertz CT molecular complexity index is 194. The molecule has 134 valence electrons. The summed E-state index contributed by atoms with van der Waals surface area (Å²) in [5.41, 5.74) is 0. The Morgan fingerprint density at radius 2 is 1.09 bits per heavy atom. The van der Waals surface area contributed by atoms with E-state index in [-0.39, 0.29) is 6.10 Å². The summed E-state index contributed by atoms with van der Waals surface area (Å²) in [6.07, 6.45) is 19.1. The Morgan fingerprint density at radius 1 is 0.636 bits per heavy atom. The van der Waals surface area contributed by atoms with Crippen molar-refractivity contribution in [3.05, 3.63) is 0 Å². The molecule has 0 saturated carbocycles. The number of ether oxygens (including phenoxy) is 1. The molecule has 0 heterocycles. The zero-order valence-corrected chi connectivity index (χ0v) is 15.5. The van der Waals surface area contributed by atoms with Crippen molar-refractivity contribution in [2.24, 2.45) is 0 Å². The van der Waals surface area contributed by atoms with Crippen LogP contribution in [0.2, 0.25) is 0 Å². The molecule has 2 heteroatoms. The first-order chi connectivity index (χ1) is 10.8. The van der Waals surface area contributed by atoms with Crippen LogP contribution in [0.4, 0.5) is 0 Å². The third-order valence-corrected chi connectivity index (χ3v) is 4.34. The Kier molecular flexibility index (Phi) is 18.9. The number of hydrogen-bond donors (Lipinski definition) is 1. The Morgan fingerprint density at radius 3 is 1.64 bits per heavy atom. The molecule has 0 amide bonds. The first kappa shape index (κ1) is 21.9. The zero-order chi connectivity index (χ0) is 16.3. The molecular weight excluding hydrogens is 272 g/mol. The molecule has 0 radical (unpaired) electrons. The van der Waals surface area contributed by atoms with Crippen molar-refractivity contribution in [1.29, 1.82) is 0 Å². The molecule has 0 aromatic carbocycles. The molecule has 2 nitrogen and oxygen atoms in total. The quantitative estimate of drug-likeness (QED) is 0.303. The van der Waals surface area contributed by atoms with Crippen molar-refractivity contribution in [1.82, 2.24) is 0 Å². The lowest BCUT2D eigenvalue weighted by Crippen LogP contribution is -2.15. The maximum atomic E-state index is 9.85. The van der Waals surface area contributed by atoms with Crippen molar-refractivity contribution in [2.75, 3.05) is 13.2 Å². The van der Waals surface area contributed by atoms with Crippen LogP contribution in [0.5, 0.6) is 0 Å². The summed E-state index contributed by atoms with van der Waals surface area (Å²) in [4.78, 5) is 0. The van der Waals surface area contributed by atoms with Gasteiger partial charge in [-0.15, -0.1) is 0 Å². The largest absolute Gasteiger partial charge is 0.391 e. The molecule has 22 heavy (non-hydrogen) atoms. The van der Waals surface area contributed by atoms with Crippen molar-refractivity contribution in [3.8, 4) is 0 Å². The summed E-state index contributed by atoms with van der Waals surface area (Å²) >= 11 is 0. The van der Waals surface area contributed by atoms with Crippen LogP contribution in [-0.4, -0.2) is 24.4 Å². The smallest absolute Gasteiger partial charge is 0.0773 e. The Hall–Kier alpha value is -0.0800. The first-order valence-electron chi connectivity index (χ1n) is 10.1. The van der Waals surface area contributed by atoms with Crippen LogP contribution in [0.25, 0.3) is 0 Å². The summed E-state index contributed by atoms with van der Waals surface area (Å²) in [6, 6.07) is 0. The van der Waals surface area contributed by atoms with Gasteiger partial charge in [-0.1, -0.05) is 97.3 Å². The van der Waals surface area contributed by atoms with E-state index >= 15 is 0 Å². The fourth-order valence-electron chi connectivity index (χ4n) is 2.80. The van der Waals surface area contributed by atoms with Crippen LogP contribution < -0.4 is 0 Å². The Balaban J connectivity index is 3.10. The fourth-order valence-corrected chi connectivity index (χ4v) is 2.80. The van der Waals surface area contributed by atoms with Gasteiger partial charge in [0.2, 0.25) is 0 Å². The topological polar surface area (TPSA) is 29.5 Å². The average Bonchev–Trinajstić information content (AvgIpc) is 2.52. The minimum absolute atomic E-state index is 0.250. The standard InChI is InChI=1S/C20H42O2/c1-3-5-7-9-10-11-12-13-14-15-17-20(21)19-22-18-16-8-6-4-2/h20-21H,3-19H2,1-2H3. The van der Waals surface area contributed by atoms with E-state index in [9.17, 15) is 5.11 Å². The van der Waals surface area contributed by atoms with Crippen LogP contribution >= 0.6 is 0 Å². The number of hydrogen-bond acceptors (Lipinski definition) is 2. The van der Waals surface area contributed by atoms with Gasteiger partial charge in [-0.3, -0.25) is 0 Å². The average molecular weight is 315 g/mol. The predicted molar refractivity (Wildman–Crippen MR) is 97.4 cm³/mol. The van der Waals surface area contributed by atoms with E-state index in [4.69, 9.17) is 4.74 Å². The highest BCUT2D eigenvalue weighted by molar-refractivity contribution is 4.55. The van der Waals surface area contributed by atoms with Gasteiger partial charge in [-0.2, -0.15) is 0 Å². The second kappa shape index (κ2) is 19.0. The summed E-state index contributed by atoms with van der Waals surface area (Å²) in [5.74, 6) is 0. The number of aliphatic hydroxyl groups is 1. The van der Waals surface area contributed by atoms with E-state index in [0.717, 1.165) is 25.9 Å². The van der Waals surface area contributed by atoms with E-state index in [1.807, 2.05) is 0 Å². The van der Waals surface area contributed by atoms with Crippen molar-refractivity contribution < 1.29 is 9.84 Å². The van der Waals surface area contributed by atoms with Gasteiger partial charge in [0, 0.05) is 6.61 Å². The molecule has 0 aromatic heterocycles. The van der Waals surface area contributed by atoms with E-state index in [1.54, 1.807) is 0 Å². The SMILES string of the molecule is CCCCCCCCCCCCC(O)COCCCCCC. The van der Waals surface area contributed by atoms with Crippen LogP contribution in [0.3, 0.4) is 0 Å². The van der Waals surface area contributed by atoms with Gasteiger partial charge in [0.15, 0.2) is 0 Å². The number of unbranched alkanes of at least 4 members (excludes halogenated alkanes) is 12.